The third kappa shape index (κ3) is 5.03. The topological polar surface area (TPSA) is 46.6 Å². The summed E-state index contributed by atoms with van der Waals surface area (Å²) >= 11 is 0. The van der Waals surface area contributed by atoms with Gasteiger partial charge in [-0.05, 0) is 62.4 Å². The Bertz CT molecular complexity index is 941. The van der Waals surface area contributed by atoms with Gasteiger partial charge in [0.25, 0.3) is 0 Å². The molecule has 5 nitrogen and oxygen atoms in total. The maximum Gasteiger partial charge on any atom is 0.121 e. The second-order valence-electron chi connectivity index (χ2n) is 7.08. The first-order chi connectivity index (χ1) is 14.8. The number of methoxy groups -OCH3 is 1. The van der Waals surface area contributed by atoms with Crippen molar-refractivity contribution in [1.29, 1.82) is 0 Å². The van der Waals surface area contributed by atoms with Crippen LogP contribution in [0.5, 0.6) is 11.5 Å². The molecule has 0 atom stereocenters. The summed E-state index contributed by atoms with van der Waals surface area (Å²) in [5.74, 6) is 1.71. The molecule has 1 N–H and O–H groups in total. The van der Waals surface area contributed by atoms with Crippen molar-refractivity contribution in [3.05, 3.63) is 48.5 Å². The highest BCUT2D eigenvalue weighted by atomic mass is 16.5. The van der Waals surface area contributed by atoms with E-state index in [9.17, 15) is 0 Å². The second kappa shape index (κ2) is 10.8. The number of ether oxygens (including phenoxy) is 2. The maximum atomic E-state index is 5.74. The van der Waals surface area contributed by atoms with Gasteiger partial charge < -0.3 is 19.7 Å². The van der Waals surface area contributed by atoms with Crippen LogP contribution in [0.25, 0.3) is 22.2 Å². The van der Waals surface area contributed by atoms with Gasteiger partial charge in [0.05, 0.1) is 18.3 Å². The molecule has 1 aromatic heterocycles. The molecule has 1 fully saturated rings. The lowest BCUT2D eigenvalue weighted by molar-refractivity contribution is 0.318. The van der Waals surface area contributed by atoms with Crippen LogP contribution in [-0.4, -0.2) is 45.4 Å². The average Bonchev–Trinajstić information content (AvgIpc) is 3.35. The molecule has 2 heterocycles. The first kappa shape index (κ1) is 21.9. The molecule has 5 heteroatoms. The number of likely N-dealkylation sites (N-methyl/N-ethyl adjacent to an activating group) is 1. The monoisotopic (exact) mass is 409 g/mol. The summed E-state index contributed by atoms with van der Waals surface area (Å²) in [5, 5.41) is 4.26. The zero-order chi connectivity index (χ0) is 21.3. The van der Waals surface area contributed by atoms with Crippen molar-refractivity contribution < 1.29 is 10.9 Å². The van der Waals surface area contributed by atoms with Crippen molar-refractivity contribution in [2.45, 2.75) is 26.7 Å². The van der Waals surface area contributed by atoms with Gasteiger partial charge in [0.1, 0.15) is 18.1 Å². The molecule has 1 saturated heterocycles. The van der Waals surface area contributed by atoms with Crippen LogP contribution < -0.4 is 19.7 Å². The molecule has 0 unspecified atom stereocenters. The van der Waals surface area contributed by atoms with Crippen molar-refractivity contribution in [3.63, 3.8) is 0 Å². The van der Waals surface area contributed by atoms with Crippen LogP contribution in [0.15, 0.2) is 48.5 Å². The lowest BCUT2D eigenvalue weighted by Gasteiger charge is -2.21. The molecule has 30 heavy (non-hydrogen) atoms. The number of nitrogens with zero attached hydrogens (tertiary/aromatic N) is 2. The lowest BCUT2D eigenvalue weighted by atomic mass is 10.1. The van der Waals surface area contributed by atoms with Crippen LogP contribution in [0.3, 0.4) is 0 Å². The molecule has 0 bridgehead atoms. The molecule has 0 amide bonds. The number of pyridine rings is 1. The van der Waals surface area contributed by atoms with E-state index in [2.05, 4.69) is 34.5 Å². The standard InChI is InChI=1S/C23H27N3O2.C2H6.H2/c1-24-11-14-28-18-7-5-17(6-8-18)21-16-23(26-12-3-4-13-26)20-10-9-19(27-2)15-22(20)25-21;1-2;/h5-10,15-16,24H,3-4,11-14H2,1-2H3;1-2H3;1H. The molecular formula is C25H35N3O2. The van der Waals surface area contributed by atoms with Crippen molar-refractivity contribution >= 4 is 16.6 Å². The van der Waals surface area contributed by atoms with Crippen LogP contribution in [0, 0.1) is 0 Å². The third-order valence-corrected chi connectivity index (χ3v) is 5.21. The number of aromatic nitrogens is 1. The Labute approximate surface area is 181 Å². The Balaban J connectivity index is 0.00000111. The molecule has 2 aromatic carbocycles. The first-order valence-corrected chi connectivity index (χ1v) is 10.9. The molecule has 4 rings (SSSR count). The molecule has 0 spiro atoms. The highest BCUT2D eigenvalue weighted by molar-refractivity contribution is 5.95. The largest absolute Gasteiger partial charge is 0.497 e. The summed E-state index contributed by atoms with van der Waals surface area (Å²) in [6, 6.07) is 16.6. The fraction of sp³-hybridized carbons (Fsp3) is 0.400. The molecule has 1 aliphatic rings. The number of rotatable bonds is 7. The van der Waals surface area contributed by atoms with E-state index in [-0.39, 0.29) is 1.43 Å². The normalized spacial score (nSPS) is 13.1. The van der Waals surface area contributed by atoms with E-state index in [1.54, 1.807) is 7.11 Å². The van der Waals surface area contributed by atoms with Gasteiger partial charge in [-0.1, -0.05) is 13.8 Å². The minimum atomic E-state index is 0. The lowest BCUT2D eigenvalue weighted by Crippen LogP contribution is -2.18. The van der Waals surface area contributed by atoms with E-state index in [4.69, 9.17) is 14.5 Å². The smallest absolute Gasteiger partial charge is 0.121 e. The first-order valence-electron chi connectivity index (χ1n) is 10.9. The van der Waals surface area contributed by atoms with Gasteiger partial charge >= 0.3 is 0 Å². The van der Waals surface area contributed by atoms with Crippen molar-refractivity contribution in [2.24, 2.45) is 0 Å². The van der Waals surface area contributed by atoms with Gasteiger partial charge in [-0.3, -0.25) is 0 Å². The predicted molar refractivity (Wildman–Crippen MR) is 128 cm³/mol. The zero-order valence-corrected chi connectivity index (χ0v) is 18.6. The average molecular weight is 410 g/mol. The van der Waals surface area contributed by atoms with E-state index in [1.807, 2.05) is 45.2 Å². The van der Waals surface area contributed by atoms with Crippen molar-refractivity contribution in [1.82, 2.24) is 10.3 Å². The molecule has 0 radical (unpaired) electrons. The number of benzene rings is 2. The zero-order valence-electron chi connectivity index (χ0n) is 18.6. The quantitative estimate of drug-likeness (QED) is 0.531. The number of fused-ring (bicyclic) bond motifs is 1. The van der Waals surface area contributed by atoms with Gasteiger partial charge in [-0.15, -0.1) is 0 Å². The summed E-state index contributed by atoms with van der Waals surface area (Å²) in [7, 11) is 3.62. The Morgan fingerprint density at radius 1 is 1.00 bits per heavy atom. The fourth-order valence-electron chi connectivity index (χ4n) is 3.68. The molecule has 3 aromatic rings. The minimum Gasteiger partial charge on any atom is -0.497 e. The fourth-order valence-corrected chi connectivity index (χ4v) is 3.68. The van der Waals surface area contributed by atoms with Crippen molar-refractivity contribution in [2.75, 3.05) is 45.3 Å². The highest BCUT2D eigenvalue weighted by Crippen LogP contribution is 2.34. The van der Waals surface area contributed by atoms with E-state index < -0.39 is 0 Å². The van der Waals surface area contributed by atoms with Gasteiger partial charge in [0.15, 0.2) is 0 Å². The Morgan fingerprint density at radius 3 is 2.37 bits per heavy atom. The summed E-state index contributed by atoms with van der Waals surface area (Å²) in [6.45, 7) is 7.68. The minimum absolute atomic E-state index is 0. The van der Waals surface area contributed by atoms with E-state index >= 15 is 0 Å². The van der Waals surface area contributed by atoms with Gasteiger partial charge in [0.2, 0.25) is 0 Å². The van der Waals surface area contributed by atoms with Gasteiger partial charge in [-0.25, -0.2) is 4.98 Å². The van der Waals surface area contributed by atoms with Crippen LogP contribution in [0.2, 0.25) is 0 Å². The Kier molecular flexibility index (Phi) is 7.91. The van der Waals surface area contributed by atoms with Crippen LogP contribution >= 0.6 is 0 Å². The summed E-state index contributed by atoms with van der Waals surface area (Å²) in [6.07, 6.45) is 2.49. The van der Waals surface area contributed by atoms with Crippen LogP contribution in [0.1, 0.15) is 28.1 Å². The summed E-state index contributed by atoms with van der Waals surface area (Å²) in [4.78, 5) is 7.40. The Hall–Kier alpha value is -2.79. The second-order valence-corrected chi connectivity index (χ2v) is 7.08. The van der Waals surface area contributed by atoms with Crippen LogP contribution in [0.4, 0.5) is 5.69 Å². The van der Waals surface area contributed by atoms with E-state index in [0.29, 0.717) is 6.61 Å². The number of hydrogen-bond donors (Lipinski definition) is 1. The van der Waals surface area contributed by atoms with Crippen LogP contribution in [-0.2, 0) is 0 Å². The SMILES string of the molecule is CC.CNCCOc1ccc(-c2cc(N3CCCC3)c3ccc(OC)cc3n2)cc1.[HH]. The van der Waals surface area contributed by atoms with Crippen molar-refractivity contribution in [3.8, 4) is 22.8 Å². The molecule has 1 aliphatic heterocycles. The van der Waals surface area contributed by atoms with E-state index in [0.717, 1.165) is 47.9 Å². The molecule has 0 aliphatic carbocycles. The molecule has 0 saturated carbocycles. The number of hydrogen-bond acceptors (Lipinski definition) is 5. The number of anilines is 1. The van der Waals surface area contributed by atoms with Gasteiger partial charge in [-0.2, -0.15) is 0 Å². The molecular weight excluding hydrogens is 374 g/mol. The summed E-state index contributed by atoms with van der Waals surface area (Å²) < 4.78 is 11.2. The number of nitrogens with one attached hydrogen (secondary N) is 1. The predicted octanol–water partition coefficient (Wildman–Crippen LogP) is 5.38. The maximum absolute atomic E-state index is 5.74. The van der Waals surface area contributed by atoms with Gasteiger partial charge in [0, 0.05) is 43.8 Å². The highest BCUT2D eigenvalue weighted by Gasteiger charge is 2.17. The van der Waals surface area contributed by atoms with E-state index in [1.165, 1.54) is 23.9 Å². The Morgan fingerprint density at radius 2 is 1.70 bits per heavy atom. The summed E-state index contributed by atoms with van der Waals surface area (Å²) in [5.41, 5.74) is 4.29. The molecule has 162 valence electrons. The third-order valence-electron chi connectivity index (χ3n) is 5.21.